The van der Waals surface area contributed by atoms with Crippen LogP contribution in [0.25, 0.3) is 0 Å². The van der Waals surface area contributed by atoms with Crippen molar-refractivity contribution in [2.24, 2.45) is 0 Å². The lowest BCUT2D eigenvalue weighted by Gasteiger charge is -2.19. The number of carboxylic acids is 1. The van der Waals surface area contributed by atoms with Crippen LogP contribution >= 0.6 is 11.6 Å². The summed E-state index contributed by atoms with van der Waals surface area (Å²) < 4.78 is 1.28. The molecule has 2 atom stereocenters. The number of anilines is 1. The van der Waals surface area contributed by atoms with E-state index >= 15 is 0 Å². The molecule has 0 aliphatic carbocycles. The van der Waals surface area contributed by atoms with E-state index in [0.29, 0.717) is 12.1 Å². The minimum Gasteiger partial charge on any atom is -0.480 e. The number of carbonyl (C=O) groups is 1. The third kappa shape index (κ3) is 2.64. The van der Waals surface area contributed by atoms with Crippen molar-refractivity contribution in [3.63, 3.8) is 0 Å². The van der Waals surface area contributed by atoms with Crippen molar-refractivity contribution in [2.45, 2.75) is 58.0 Å². The first-order valence-electron chi connectivity index (χ1n) is 7.01. The van der Waals surface area contributed by atoms with Crippen molar-refractivity contribution in [1.29, 1.82) is 0 Å². The first-order valence-corrected chi connectivity index (χ1v) is 7.38. The van der Waals surface area contributed by atoms with Crippen LogP contribution in [0.2, 0.25) is 5.15 Å². The van der Waals surface area contributed by atoms with Crippen molar-refractivity contribution < 1.29 is 9.90 Å². The molecule has 21 heavy (non-hydrogen) atoms. The van der Waals surface area contributed by atoms with Gasteiger partial charge in [-0.2, -0.15) is 0 Å². The SMILES string of the molecule is CCC(C)Nc1nc(Cl)c2n(c1=O)[C@H](C(=O)O)CC2(C)C. The minimum absolute atomic E-state index is 0.0533. The van der Waals surface area contributed by atoms with E-state index in [1.807, 2.05) is 27.7 Å². The number of nitrogens with one attached hydrogen (secondary N) is 1. The summed E-state index contributed by atoms with van der Waals surface area (Å²) in [5.41, 5.74) is -0.426. The fourth-order valence-electron chi connectivity index (χ4n) is 2.72. The smallest absolute Gasteiger partial charge is 0.326 e. The summed E-state index contributed by atoms with van der Waals surface area (Å²) in [5, 5.41) is 12.6. The normalized spacial score (nSPS) is 20.9. The van der Waals surface area contributed by atoms with Gasteiger partial charge in [0, 0.05) is 11.5 Å². The van der Waals surface area contributed by atoms with E-state index in [1.165, 1.54) is 4.57 Å². The van der Waals surface area contributed by atoms with Gasteiger partial charge in [-0.15, -0.1) is 0 Å². The topological polar surface area (TPSA) is 84.2 Å². The molecule has 1 aromatic rings. The fourth-order valence-corrected chi connectivity index (χ4v) is 3.15. The van der Waals surface area contributed by atoms with Crippen molar-refractivity contribution in [1.82, 2.24) is 9.55 Å². The summed E-state index contributed by atoms with van der Waals surface area (Å²) in [4.78, 5) is 28.2. The Morgan fingerprint density at radius 1 is 1.62 bits per heavy atom. The molecule has 0 fully saturated rings. The molecule has 1 aliphatic heterocycles. The molecule has 116 valence electrons. The van der Waals surface area contributed by atoms with E-state index in [9.17, 15) is 14.7 Å². The highest BCUT2D eigenvalue weighted by Crippen LogP contribution is 2.42. The largest absolute Gasteiger partial charge is 0.480 e. The van der Waals surface area contributed by atoms with Crippen molar-refractivity contribution in [3.8, 4) is 0 Å². The monoisotopic (exact) mass is 313 g/mol. The number of fused-ring (bicyclic) bond motifs is 1. The van der Waals surface area contributed by atoms with Crippen LogP contribution in [0.5, 0.6) is 0 Å². The highest BCUT2D eigenvalue weighted by Gasteiger charge is 2.44. The molecule has 0 bridgehead atoms. The number of rotatable bonds is 4. The molecule has 0 amide bonds. The number of hydrogen-bond donors (Lipinski definition) is 2. The average molecular weight is 314 g/mol. The van der Waals surface area contributed by atoms with E-state index in [1.54, 1.807) is 0 Å². The molecule has 6 nitrogen and oxygen atoms in total. The summed E-state index contributed by atoms with van der Waals surface area (Å²) in [5.74, 6) is -0.914. The van der Waals surface area contributed by atoms with Gasteiger partial charge in [0.15, 0.2) is 11.0 Å². The van der Waals surface area contributed by atoms with Gasteiger partial charge < -0.3 is 10.4 Å². The van der Waals surface area contributed by atoms with Gasteiger partial charge in [-0.05, 0) is 19.8 Å². The number of hydrogen-bond acceptors (Lipinski definition) is 4. The van der Waals surface area contributed by atoms with Gasteiger partial charge in [-0.1, -0.05) is 32.4 Å². The van der Waals surface area contributed by atoms with E-state index in [-0.39, 0.29) is 17.0 Å². The molecule has 0 saturated carbocycles. The van der Waals surface area contributed by atoms with Gasteiger partial charge in [-0.25, -0.2) is 9.78 Å². The predicted octanol–water partition coefficient (Wildman–Crippen LogP) is 2.41. The highest BCUT2D eigenvalue weighted by atomic mass is 35.5. The zero-order chi connectivity index (χ0) is 15.9. The molecule has 7 heteroatoms. The Hall–Kier alpha value is -1.56. The number of carboxylic acid groups (broad SMARTS) is 1. The minimum atomic E-state index is -1.03. The first kappa shape index (κ1) is 15.8. The lowest BCUT2D eigenvalue weighted by atomic mass is 9.87. The zero-order valence-corrected chi connectivity index (χ0v) is 13.4. The maximum absolute atomic E-state index is 12.6. The summed E-state index contributed by atoms with van der Waals surface area (Å²) in [6.07, 6.45) is 1.14. The second-order valence-electron chi connectivity index (χ2n) is 6.17. The Labute approximate surface area is 128 Å². The molecule has 0 spiro atoms. The van der Waals surface area contributed by atoms with Gasteiger partial charge in [0.25, 0.3) is 5.56 Å². The van der Waals surface area contributed by atoms with E-state index in [0.717, 1.165) is 6.42 Å². The molecule has 1 unspecified atom stereocenters. The maximum atomic E-state index is 12.6. The number of nitrogens with zero attached hydrogens (tertiary/aromatic N) is 2. The van der Waals surface area contributed by atoms with Crippen molar-refractivity contribution in [2.75, 3.05) is 5.32 Å². The molecule has 2 N–H and O–H groups in total. The van der Waals surface area contributed by atoms with Gasteiger partial charge in [0.1, 0.15) is 6.04 Å². The second kappa shape index (κ2) is 5.33. The van der Waals surface area contributed by atoms with Gasteiger partial charge in [0.2, 0.25) is 0 Å². The van der Waals surface area contributed by atoms with Crippen LogP contribution in [-0.2, 0) is 10.2 Å². The Morgan fingerprint density at radius 3 is 2.76 bits per heavy atom. The molecular formula is C14H20ClN3O3. The van der Waals surface area contributed by atoms with Crippen molar-refractivity contribution in [3.05, 3.63) is 21.2 Å². The third-order valence-corrected chi connectivity index (χ3v) is 4.27. The number of halogens is 1. The van der Waals surface area contributed by atoms with Crippen molar-refractivity contribution >= 4 is 23.4 Å². The number of aliphatic carboxylic acids is 1. The molecular weight excluding hydrogens is 294 g/mol. The number of aromatic nitrogens is 2. The molecule has 0 radical (unpaired) electrons. The second-order valence-corrected chi connectivity index (χ2v) is 6.53. The van der Waals surface area contributed by atoms with Gasteiger partial charge in [0.05, 0.1) is 5.69 Å². The van der Waals surface area contributed by atoms with Gasteiger partial charge >= 0.3 is 5.97 Å². The Bertz CT molecular complexity index is 639. The van der Waals surface area contributed by atoms with Crippen LogP contribution in [-0.4, -0.2) is 26.7 Å². The molecule has 0 saturated heterocycles. The average Bonchev–Trinajstić information content (AvgIpc) is 2.68. The molecule has 2 rings (SSSR count). The first-order chi connectivity index (χ1) is 9.69. The Kier molecular flexibility index (Phi) is 4.02. The van der Waals surface area contributed by atoms with Gasteiger partial charge in [-0.3, -0.25) is 9.36 Å². The fraction of sp³-hybridized carbons (Fsp3) is 0.643. The van der Waals surface area contributed by atoms with Crippen LogP contribution in [0.1, 0.15) is 52.3 Å². The molecule has 0 aromatic carbocycles. The zero-order valence-electron chi connectivity index (χ0n) is 12.6. The van der Waals surface area contributed by atoms with Crippen LogP contribution in [0.4, 0.5) is 5.82 Å². The standard InChI is InChI=1S/C14H20ClN3O3/c1-5-7(2)16-11-12(19)18-8(13(20)21)6-14(3,4)9(18)10(15)17-11/h7-8H,5-6H2,1-4H3,(H,16,17)(H,20,21)/t7?,8-/m0/s1. The molecule has 1 aromatic heterocycles. The van der Waals surface area contributed by atoms with Crippen LogP contribution in [0.3, 0.4) is 0 Å². The molecule has 2 heterocycles. The van der Waals surface area contributed by atoms with E-state index < -0.39 is 23.0 Å². The molecule has 1 aliphatic rings. The summed E-state index contributed by atoms with van der Waals surface area (Å²) >= 11 is 6.22. The third-order valence-electron chi connectivity index (χ3n) is 4.00. The Balaban J connectivity index is 2.64. The summed E-state index contributed by atoms with van der Waals surface area (Å²) in [7, 11) is 0. The summed E-state index contributed by atoms with van der Waals surface area (Å²) in [6, 6.07) is -0.849. The van der Waals surface area contributed by atoms with Crippen LogP contribution < -0.4 is 10.9 Å². The maximum Gasteiger partial charge on any atom is 0.326 e. The quantitative estimate of drug-likeness (QED) is 0.891. The van der Waals surface area contributed by atoms with Crippen LogP contribution in [0.15, 0.2) is 4.79 Å². The highest BCUT2D eigenvalue weighted by molar-refractivity contribution is 6.30. The predicted molar refractivity (Wildman–Crippen MR) is 81.2 cm³/mol. The lowest BCUT2D eigenvalue weighted by Crippen LogP contribution is -2.32. The Morgan fingerprint density at radius 2 is 2.24 bits per heavy atom. The van der Waals surface area contributed by atoms with E-state index in [2.05, 4.69) is 10.3 Å². The lowest BCUT2D eigenvalue weighted by molar-refractivity contribution is -0.140. The summed E-state index contributed by atoms with van der Waals surface area (Å²) in [6.45, 7) is 7.64. The van der Waals surface area contributed by atoms with Crippen LogP contribution in [0, 0.1) is 0 Å². The van der Waals surface area contributed by atoms with E-state index in [4.69, 9.17) is 11.6 Å².